The molecule has 0 heterocycles. The standard InChI is InChI=1S/C13H12O3S3/c1-2-15-13(14)16-10-6-9-7(4-12(10)19)3-8(17)5-11(9)18/h3-6,17-19H,2H2,1H3. The van der Waals surface area contributed by atoms with Crippen LogP contribution in [-0.4, -0.2) is 12.8 Å². The first-order valence-electron chi connectivity index (χ1n) is 5.54. The van der Waals surface area contributed by atoms with E-state index in [1.807, 2.05) is 12.1 Å². The summed E-state index contributed by atoms with van der Waals surface area (Å²) < 4.78 is 9.82. The molecule has 0 saturated carbocycles. The number of ether oxygens (including phenoxy) is 2. The lowest BCUT2D eigenvalue weighted by atomic mass is 10.1. The van der Waals surface area contributed by atoms with Crippen molar-refractivity contribution in [3.8, 4) is 5.75 Å². The molecule has 0 unspecified atom stereocenters. The summed E-state index contributed by atoms with van der Waals surface area (Å²) in [6.07, 6.45) is -0.747. The molecule has 3 nitrogen and oxygen atoms in total. The molecule has 0 aromatic heterocycles. The SMILES string of the molecule is CCOC(=O)Oc1cc2c(S)cc(S)cc2cc1S. The zero-order valence-electron chi connectivity index (χ0n) is 10.1. The Balaban J connectivity index is 2.46. The Hall–Kier alpha value is -0.980. The molecule has 19 heavy (non-hydrogen) atoms. The van der Waals surface area contributed by atoms with Crippen LogP contribution in [-0.2, 0) is 4.74 Å². The second kappa shape index (κ2) is 5.98. The summed E-state index contributed by atoms with van der Waals surface area (Å²) in [4.78, 5) is 13.4. The maximum absolute atomic E-state index is 11.3. The number of rotatable bonds is 2. The molecule has 0 N–H and O–H groups in total. The highest BCUT2D eigenvalue weighted by molar-refractivity contribution is 7.81. The number of thiol groups is 3. The summed E-state index contributed by atoms with van der Waals surface area (Å²) in [7, 11) is 0. The molecule has 0 atom stereocenters. The molecule has 0 spiro atoms. The quantitative estimate of drug-likeness (QED) is 0.441. The van der Waals surface area contributed by atoms with Gasteiger partial charge in [0.1, 0.15) is 5.75 Å². The van der Waals surface area contributed by atoms with E-state index in [0.29, 0.717) is 10.6 Å². The van der Waals surface area contributed by atoms with E-state index in [9.17, 15) is 4.79 Å². The van der Waals surface area contributed by atoms with Crippen LogP contribution in [0.4, 0.5) is 4.79 Å². The first-order chi connectivity index (χ1) is 9.01. The van der Waals surface area contributed by atoms with E-state index in [2.05, 4.69) is 37.9 Å². The van der Waals surface area contributed by atoms with E-state index >= 15 is 0 Å². The highest BCUT2D eigenvalue weighted by Crippen LogP contribution is 2.33. The van der Waals surface area contributed by atoms with Crippen molar-refractivity contribution >= 4 is 54.8 Å². The molecule has 2 aromatic rings. The van der Waals surface area contributed by atoms with Crippen LogP contribution in [0.5, 0.6) is 5.75 Å². The fourth-order valence-electron chi connectivity index (χ4n) is 1.66. The van der Waals surface area contributed by atoms with Crippen LogP contribution >= 0.6 is 37.9 Å². The average molecular weight is 312 g/mol. The first-order valence-corrected chi connectivity index (χ1v) is 6.88. The van der Waals surface area contributed by atoms with Crippen molar-refractivity contribution < 1.29 is 14.3 Å². The van der Waals surface area contributed by atoms with Gasteiger partial charge in [0.05, 0.1) is 6.61 Å². The van der Waals surface area contributed by atoms with Crippen molar-refractivity contribution in [2.75, 3.05) is 6.61 Å². The van der Waals surface area contributed by atoms with Gasteiger partial charge in [-0.2, -0.15) is 0 Å². The van der Waals surface area contributed by atoms with E-state index < -0.39 is 6.16 Å². The van der Waals surface area contributed by atoms with Crippen molar-refractivity contribution in [1.82, 2.24) is 0 Å². The van der Waals surface area contributed by atoms with Crippen molar-refractivity contribution in [3.63, 3.8) is 0 Å². The zero-order chi connectivity index (χ0) is 14.0. The highest BCUT2D eigenvalue weighted by atomic mass is 32.1. The van der Waals surface area contributed by atoms with E-state index in [1.165, 1.54) is 0 Å². The molecule has 100 valence electrons. The van der Waals surface area contributed by atoms with Gasteiger partial charge in [-0.05, 0) is 42.0 Å². The number of benzene rings is 2. The lowest BCUT2D eigenvalue weighted by molar-refractivity contribution is 0.103. The Kier molecular flexibility index (Phi) is 4.54. The van der Waals surface area contributed by atoms with Crippen molar-refractivity contribution in [3.05, 3.63) is 24.3 Å². The largest absolute Gasteiger partial charge is 0.513 e. The monoisotopic (exact) mass is 312 g/mol. The predicted molar refractivity (Wildman–Crippen MR) is 83.4 cm³/mol. The van der Waals surface area contributed by atoms with Crippen LogP contribution in [0.2, 0.25) is 0 Å². The molecule has 0 aliphatic carbocycles. The van der Waals surface area contributed by atoms with Gasteiger partial charge in [0.2, 0.25) is 0 Å². The van der Waals surface area contributed by atoms with E-state index in [0.717, 1.165) is 20.6 Å². The third-order valence-electron chi connectivity index (χ3n) is 2.45. The van der Waals surface area contributed by atoms with E-state index in [4.69, 9.17) is 9.47 Å². The Morgan fingerprint density at radius 3 is 2.53 bits per heavy atom. The first kappa shape index (κ1) is 14.4. The number of fused-ring (bicyclic) bond motifs is 1. The van der Waals surface area contributed by atoms with Crippen LogP contribution in [0.3, 0.4) is 0 Å². The molecule has 0 saturated heterocycles. The van der Waals surface area contributed by atoms with Crippen LogP contribution in [0.25, 0.3) is 10.8 Å². The lowest BCUT2D eigenvalue weighted by Gasteiger charge is -2.10. The van der Waals surface area contributed by atoms with Gasteiger partial charge >= 0.3 is 6.16 Å². The predicted octanol–water partition coefficient (Wildman–Crippen LogP) is 4.24. The highest BCUT2D eigenvalue weighted by Gasteiger charge is 2.11. The van der Waals surface area contributed by atoms with Gasteiger partial charge in [-0.3, -0.25) is 0 Å². The number of hydrogen-bond donors (Lipinski definition) is 3. The second-order valence-corrected chi connectivity index (χ2v) is 5.27. The molecule has 0 bridgehead atoms. The van der Waals surface area contributed by atoms with Crippen molar-refractivity contribution in [1.29, 1.82) is 0 Å². The van der Waals surface area contributed by atoms with Gasteiger partial charge in [0, 0.05) is 14.7 Å². The molecular weight excluding hydrogens is 300 g/mol. The molecule has 2 aromatic carbocycles. The molecule has 2 rings (SSSR count). The minimum Gasteiger partial charge on any atom is -0.434 e. The molecule has 6 heteroatoms. The Morgan fingerprint density at radius 2 is 1.84 bits per heavy atom. The summed E-state index contributed by atoms with van der Waals surface area (Å²) in [6.45, 7) is 1.97. The van der Waals surface area contributed by atoms with Crippen LogP contribution in [0.15, 0.2) is 39.0 Å². The fraction of sp³-hybridized carbons (Fsp3) is 0.154. The van der Waals surface area contributed by atoms with Crippen LogP contribution in [0.1, 0.15) is 6.92 Å². The number of carbonyl (C=O) groups is 1. The minimum atomic E-state index is -0.747. The smallest absolute Gasteiger partial charge is 0.434 e. The van der Waals surface area contributed by atoms with Crippen LogP contribution in [0, 0.1) is 0 Å². The normalized spacial score (nSPS) is 10.5. The Bertz CT molecular complexity index is 641. The molecule has 0 amide bonds. The summed E-state index contributed by atoms with van der Waals surface area (Å²) >= 11 is 13.0. The molecule has 0 aliphatic heterocycles. The van der Waals surface area contributed by atoms with E-state index in [1.54, 1.807) is 19.1 Å². The third kappa shape index (κ3) is 3.32. The summed E-state index contributed by atoms with van der Waals surface area (Å²) in [5.74, 6) is 0.344. The van der Waals surface area contributed by atoms with E-state index in [-0.39, 0.29) is 6.61 Å². The second-order valence-electron chi connectivity index (χ2n) is 3.79. The maximum atomic E-state index is 11.3. The Morgan fingerprint density at radius 1 is 1.11 bits per heavy atom. The average Bonchev–Trinajstić information content (AvgIpc) is 2.31. The van der Waals surface area contributed by atoms with Gasteiger partial charge in [-0.25, -0.2) is 4.79 Å². The number of hydrogen-bond acceptors (Lipinski definition) is 6. The minimum absolute atomic E-state index is 0.259. The van der Waals surface area contributed by atoms with Gasteiger partial charge in [-0.15, -0.1) is 37.9 Å². The van der Waals surface area contributed by atoms with Gasteiger partial charge in [-0.1, -0.05) is 0 Å². The van der Waals surface area contributed by atoms with Gasteiger partial charge in [0.25, 0.3) is 0 Å². The molecule has 0 radical (unpaired) electrons. The molecule has 0 aliphatic rings. The van der Waals surface area contributed by atoms with Crippen LogP contribution < -0.4 is 4.74 Å². The van der Waals surface area contributed by atoms with Crippen molar-refractivity contribution in [2.24, 2.45) is 0 Å². The summed E-state index contributed by atoms with van der Waals surface area (Å²) in [6, 6.07) is 7.23. The topological polar surface area (TPSA) is 35.5 Å². The molecule has 0 fully saturated rings. The van der Waals surface area contributed by atoms with Gasteiger partial charge < -0.3 is 9.47 Å². The fourth-order valence-corrected chi connectivity index (χ4v) is 2.62. The maximum Gasteiger partial charge on any atom is 0.513 e. The lowest BCUT2D eigenvalue weighted by Crippen LogP contribution is -2.10. The van der Waals surface area contributed by atoms with Crippen molar-refractivity contribution in [2.45, 2.75) is 21.6 Å². The zero-order valence-corrected chi connectivity index (χ0v) is 12.8. The summed E-state index contributed by atoms with van der Waals surface area (Å²) in [5.41, 5.74) is 0. The Labute approximate surface area is 127 Å². The van der Waals surface area contributed by atoms with Gasteiger partial charge in [0.15, 0.2) is 0 Å². The molecular formula is C13H12O3S3. The third-order valence-corrected chi connectivity index (χ3v) is 3.43. The number of carbonyl (C=O) groups excluding carboxylic acids is 1. The summed E-state index contributed by atoms with van der Waals surface area (Å²) in [5, 5.41) is 1.79.